The van der Waals surface area contributed by atoms with Crippen LogP contribution in [0.1, 0.15) is 0 Å². The maximum absolute atomic E-state index is 12.9. The molecule has 12 heavy (non-hydrogen) atoms. The zero-order chi connectivity index (χ0) is 9.14. The summed E-state index contributed by atoms with van der Waals surface area (Å²) in [7, 11) is 0. The minimum atomic E-state index is -1.05. The van der Waals surface area contributed by atoms with Gasteiger partial charge in [-0.2, -0.15) is 0 Å². The Bertz CT molecular complexity index is 291. The van der Waals surface area contributed by atoms with Crippen molar-refractivity contribution in [1.82, 2.24) is 0 Å². The molecule has 0 aliphatic heterocycles. The van der Waals surface area contributed by atoms with E-state index in [1.807, 2.05) is 0 Å². The standard InChI is InChI=1S/C7H4Br2F2O/c8-4-1-2-5(11)7(6(4)9)12-3-10/h1-2H,3H2. The van der Waals surface area contributed by atoms with Crippen LogP contribution < -0.4 is 4.74 Å². The summed E-state index contributed by atoms with van der Waals surface area (Å²) in [4.78, 5) is 0. The molecule has 0 aliphatic rings. The quantitative estimate of drug-likeness (QED) is 0.758. The van der Waals surface area contributed by atoms with Crippen molar-refractivity contribution in [2.45, 2.75) is 0 Å². The lowest BCUT2D eigenvalue weighted by Crippen LogP contribution is -1.94. The summed E-state index contributed by atoms with van der Waals surface area (Å²) in [6, 6.07) is 2.70. The highest BCUT2D eigenvalue weighted by Crippen LogP contribution is 2.34. The highest BCUT2D eigenvalue weighted by atomic mass is 79.9. The average molecular weight is 302 g/mol. The molecule has 1 aromatic rings. The molecule has 0 heterocycles. The monoisotopic (exact) mass is 300 g/mol. The van der Waals surface area contributed by atoms with E-state index in [9.17, 15) is 8.78 Å². The van der Waals surface area contributed by atoms with Gasteiger partial charge in [0.25, 0.3) is 0 Å². The van der Waals surface area contributed by atoms with E-state index in [1.165, 1.54) is 12.1 Å². The number of ether oxygens (including phenoxy) is 1. The van der Waals surface area contributed by atoms with Crippen LogP contribution in [0.5, 0.6) is 5.75 Å². The average Bonchev–Trinajstić information content (AvgIpc) is 2.06. The maximum Gasteiger partial charge on any atom is 0.228 e. The van der Waals surface area contributed by atoms with Crippen molar-refractivity contribution < 1.29 is 13.5 Å². The van der Waals surface area contributed by atoms with Gasteiger partial charge in [-0.3, -0.25) is 0 Å². The van der Waals surface area contributed by atoms with E-state index < -0.39 is 12.7 Å². The Balaban J connectivity index is 3.14. The van der Waals surface area contributed by atoms with Crippen molar-refractivity contribution in [2.24, 2.45) is 0 Å². The topological polar surface area (TPSA) is 9.23 Å². The third kappa shape index (κ3) is 1.95. The fourth-order valence-corrected chi connectivity index (χ4v) is 1.44. The molecule has 0 radical (unpaired) electrons. The number of alkyl halides is 1. The van der Waals surface area contributed by atoms with Crippen molar-refractivity contribution in [3.05, 3.63) is 26.9 Å². The second kappa shape index (κ2) is 4.18. The zero-order valence-corrected chi connectivity index (χ0v) is 8.95. The highest BCUT2D eigenvalue weighted by molar-refractivity contribution is 9.13. The molecule has 1 aromatic carbocycles. The molecule has 0 bridgehead atoms. The van der Waals surface area contributed by atoms with E-state index in [0.717, 1.165) is 0 Å². The first-order valence-electron chi connectivity index (χ1n) is 2.99. The van der Waals surface area contributed by atoms with Crippen molar-refractivity contribution in [3.63, 3.8) is 0 Å². The third-order valence-corrected chi connectivity index (χ3v) is 3.18. The molecule has 0 atom stereocenters. The van der Waals surface area contributed by atoms with E-state index in [4.69, 9.17) is 0 Å². The van der Waals surface area contributed by atoms with Crippen molar-refractivity contribution in [2.75, 3.05) is 6.86 Å². The minimum absolute atomic E-state index is 0.119. The smallest absolute Gasteiger partial charge is 0.228 e. The zero-order valence-electron chi connectivity index (χ0n) is 5.78. The molecule has 1 rings (SSSR count). The van der Waals surface area contributed by atoms with Gasteiger partial charge in [0.15, 0.2) is 11.6 Å². The Morgan fingerprint density at radius 1 is 1.33 bits per heavy atom. The molecule has 0 amide bonds. The molecule has 0 unspecified atom stereocenters. The number of benzene rings is 1. The van der Waals surface area contributed by atoms with E-state index in [0.29, 0.717) is 8.95 Å². The van der Waals surface area contributed by atoms with E-state index >= 15 is 0 Å². The first-order valence-corrected chi connectivity index (χ1v) is 4.57. The van der Waals surface area contributed by atoms with Crippen LogP contribution in [0.3, 0.4) is 0 Å². The predicted octanol–water partition coefficient (Wildman–Crippen LogP) is 3.66. The SMILES string of the molecule is FCOc1c(F)ccc(Br)c1Br. The Morgan fingerprint density at radius 3 is 2.58 bits per heavy atom. The number of hydrogen-bond donors (Lipinski definition) is 0. The molecule has 0 saturated heterocycles. The molecule has 0 fully saturated rings. The largest absolute Gasteiger partial charge is 0.459 e. The summed E-state index contributed by atoms with van der Waals surface area (Å²) in [5, 5.41) is 0. The molecule has 1 nitrogen and oxygen atoms in total. The van der Waals surface area contributed by atoms with Crippen LogP contribution in [0.25, 0.3) is 0 Å². The van der Waals surface area contributed by atoms with Crippen molar-refractivity contribution in [1.29, 1.82) is 0 Å². The first-order chi connectivity index (χ1) is 5.66. The molecule has 0 saturated carbocycles. The fourth-order valence-electron chi connectivity index (χ4n) is 0.695. The van der Waals surface area contributed by atoms with Crippen LogP contribution in [0.2, 0.25) is 0 Å². The molecule has 0 spiro atoms. The lowest BCUT2D eigenvalue weighted by Gasteiger charge is -2.06. The molecule has 0 N–H and O–H groups in total. The van der Waals surface area contributed by atoms with Gasteiger partial charge >= 0.3 is 0 Å². The van der Waals surface area contributed by atoms with E-state index in [2.05, 4.69) is 36.6 Å². The lowest BCUT2D eigenvalue weighted by atomic mass is 10.3. The van der Waals surface area contributed by atoms with Crippen LogP contribution in [-0.4, -0.2) is 6.86 Å². The Morgan fingerprint density at radius 2 is 2.00 bits per heavy atom. The second-order valence-corrected chi connectivity index (χ2v) is 3.57. The van der Waals surface area contributed by atoms with Gasteiger partial charge in [0, 0.05) is 4.47 Å². The number of rotatable bonds is 2. The number of halogens is 4. The molecular weight excluding hydrogens is 298 g/mol. The van der Waals surface area contributed by atoms with Crippen LogP contribution in [0.4, 0.5) is 8.78 Å². The van der Waals surface area contributed by atoms with Gasteiger partial charge in [0.1, 0.15) is 0 Å². The minimum Gasteiger partial charge on any atom is -0.459 e. The molecule has 0 aliphatic carbocycles. The Kier molecular flexibility index (Phi) is 3.46. The first kappa shape index (κ1) is 9.92. The second-order valence-electron chi connectivity index (χ2n) is 1.93. The van der Waals surface area contributed by atoms with Gasteiger partial charge in [-0.15, -0.1) is 0 Å². The van der Waals surface area contributed by atoms with E-state index in [-0.39, 0.29) is 5.75 Å². The summed E-state index contributed by atoms with van der Waals surface area (Å²) in [6.07, 6.45) is 0. The third-order valence-electron chi connectivity index (χ3n) is 1.20. The van der Waals surface area contributed by atoms with Crippen molar-refractivity contribution >= 4 is 31.9 Å². The van der Waals surface area contributed by atoms with Crippen LogP contribution in [-0.2, 0) is 0 Å². The van der Waals surface area contributed by atoms with Gasteiger partial charge in [0.2, 0.25) is 6.86 Å². The fraction of sp³-hybridized carbons (Fsp3) is 0.143. The molecular formula is C7H4Br2F2O. The number of hydrogen-bond acceptors (Lipinski definition) is 1. The van der Waals surface area contributed by atoms with Gasteiger partial charge in [-0.1, -0.05) is 0 Å². The van der Waals surface area contributed by atoms with Gasteiger partial charge in [-0.05, 0) is 44.0 Å². The van der Waals surface area contributed by atoms with E-state index in [1.54, 1.807) is 0 Å². The molecule has 0 aromatic heterocycles. The van der Waals surface area contributed by atoms with Crippen LogP contribution in [0, 0.1) is 5.82 Å². The van der Waals surface area contributed by atoms with Gasteiger partial charge in [-0.25, -0.2) is 8.78 Å². The highest BCUT2D eigenvalue weighted by Gasteiger charge is 2.10. The summed E-state index contributed by atoms with van der Waals surface area (Å²) >= 11 is 6.19. The van der Waals surface area contributed by atoms with Crippen LogP contribution >= 0.6 is 31.9 Å². The maximum atomic E-state index is 12.9. The predicted molar refractivity (Wildman–Crippen MR) is 48.4 cm³/mol. The van der Waals surface area contributed by atoms with Gasteiger partial charge in [0.05, 0.1) is 4.47 Å². The molecule has 5 heteroatoms. The Hall–Kier alpha value is -0.160. The van der Waals surface area contributed by atoms with Gasteiger partial charge < -0.3 is 4.74 Å². The summed E-state index contributed by atoms with van der Waals surface area (Å²) in [5.74, 6) is -0.713. The lowest BCUT2D eigenvalue weighted by molar-refractivity contribution is 0.183. The van der Waals surface area contributed by atoms with Crippen molar-refractivity contribution in [3.8, 4) is 5.75 Å². The summed E-state index contributed by atoms with van der Waals surface area (Å²) < 4.78 is 30.0. The normalized spacial score (nSPS) is 10.0. The molecule has 66 valence electrons. The van der Waals surface area contributed by atoms with Crippen LogP contribution in [0.15, 0.2) is 21.1 Å². The Labute approximate surface area is 85.0 Å². The summed E-state index contributed by atoms with van der Waals surface area (Å²) in [5.41, 5.74) is 0. The summed E-state index contributed by atoms with van der Waals surface area (Å²) in [6.45, 7) is -1.05.